The largest absolute Gasteiger partial charge is 0.545 e. The number of benzene rings is 2. The molecule has 0 atom stereocenters. The Morgan fingerprint density at radius 1 is 1.00 bits per heavy atom. The van der Waals surface area contributed by atoms with Gasteiger partial charge in [0.05, 0.1) is 11.5 Å². The Hall–Kier alpha value is -3.71. The molecule has 0 radical (unpaired) electrons. The lowest BCUT2D eigenvalue weighted by Gasteiger charge is -2.38. The molecule has 194 valence electrons. The molecule has 0 aromatic heterocycles. The fraction of sp³-hybridized carbons (Fsp3) is 0.323. The van der Waals surface area contributed by atoms with Crippen LogP contribution in [0.5, 0.6) is 0 Å². The lowest BCUT2D eigenvalue weighted by molar-refractivity contribution is -0.504. The third-order valence-corrected chi connectivity index (χ3v) is 10.5. The van der Waals surface area contributed by atoms with Crippen molar-refractivity contribution in [2.75, 3.05) is 30.9 Å². The van der Waals surface area contributed by atoms with Crippen LogP contribution in [0, 0.1) is 0 Å². The van der Waals surface area contributed by atoms with Crippen molar-refractivity contribution < 1.29 is 46.3 Å². The van der Waals surface area contributed by atoms with Crippen LogP contribution >= 0.6 is 0 Å². The Morgan fingerprint density at radius 3 is 2.42 bits per heavy atom. The maximum atomic E-state index is 12.6. The third-order valence-electron chi connectivity index (χ3n) is 6.96. The SMILES string of the molecule is [2H]C1([2H])N(c2ccc3c(c2)[Si](C)(C)C2=CC(=[N+]4C([2H])([2H])C([2H])([2H])C([2H])([2H])C4([2H])[2H])C=CC2=C3c2cc(C(=O)[O-])ccc2C(=O)O)C([2H])([2H])C([2H])([2H])C1([2H])[2H]. The second kappa shape index (κ2) is 9.24. The number of rotatable bonds is 4. The van der Waals surface area contributed by atoms with Crippen molar-refractivity contribution in [1.82, 2.24) is 0 Å². The molecule has 0 spiro atoms. The Morgan fingerprint density at radius 2 is 1.74 bits per heavy atom. The predicted molar refractivity (Wildman–Crippen MR) is 150 cm³/mol. The molecule has 0 unspecified atom stereocenters. The number of fused-ring (bicyclic) bond motifs is 2. The quantitative estimate of drug-likeness (QED) is 0.475. The van der Waals surface area contributed by atoms with Crippen LogP contribution in [-0.4, -0.2) is 61.4 Å². The lowest BCUT2D eigenvalue weighted by Crippen LogP contribution is -2.50. The van der Waals surface area contributed by atoms with E-state index in [2.05, 4.69) is 0 Å². The number of carbonyl (C=O) groups excluding carboxylic acids is 1. The smallest absolute Gasteiger partial charge is 0.336 e. The second-order valence-electron chi connectivity index (χ2n) is 9.43. The number of aromatic carboxylic acids is 2. The summed E-state index contributed by atoms with van der Waals surface area (Å²) in [7, 11) is -3.39. The van der Waals surface area contributed by atoms with Gasteiger partial charge in [-0.1, -0.05) is 25.2 Å². The third kappa shape index (κ3) is 3.96. The van der Waals surface area contributed by atoms with Crippen LogP contribution in [0.1, 0.15) is 79.3 Å². The molecular formula is C31H32N2O4Si. The highest BCUT2D eigenvalue weighted by atomic mass is 28.3. The molecule has 2 aromatic rings. The van der Waals surface area contributed by atoms with Crippen LogP contribution in [-0.2, 0) is 0 Å². The molecule has 2 saturated heterocycles. The number of hydrogen-bond acceptors (Lipinski definition) is 4. The molecule has 1 N–H and O–H groups in total. The zero-order valence-electron chi connectivity index (χ0n) is 36.3. The van der Waals surface area contributed by atoms with Crippen LogP contribution in [0.2, 0.25) is 13.1 Å². The molecule has 38 heavy (non-hydrogen) atoms. The summed E-state index contributed by atoms with van der Waals surface area (Å²) in [5, 5.41) is 22.8. The molecule has 0 amide bonds. The van der Waals surface area contributed by atoms with E-state index < -0.39 is 77.1 Å². The minimum atomic E-state index is -3.39. The first-order chi connectivity index (χ1) is 24.3. The van der Waals surface area contributed by atoms with Gasteiger partial charge < -0.3 is 19.9 Å². The fourth-order valence-electron chi connectivity index (χ4n) is 5.11. The highest BCUT2D eigenvalue weighted by Gasteiger charge is 2.41. The number of carboxylic acids is 2. The van der Waals surface area contributed by atoms with Gasteiger partial charge in [0.2, 0.25) is 0 Å². The number of carbonyl (C=O) groups is 2. The molecule has 2 fully saturated rings. The summed E-state index contributed by atoms with van der Waals surface area (Å²) in [5.41, 5.74) is -0.917. The van der Waals surface area contributed by atoms with Crippen LogP contribution in [0.3, 0.4) is 0 Å². The van der Waals surface area contributed by atoms with Gasteiger partial charge >= 0.3 is 5.97 Å². The van der Waals surface area contributed by atoms with E-state index >= 15 is 0 Å². The summed E-state index contributed by atoms with van der Waals surface area (Å²) in [5.74, 6) is -3.11. The number of allylic oxidation sites excluding steroid dienone is 5. The van der Waals surface area contributed by atoms with Crippen molar-refractivity contribution in [2.24, 2.45) is 0 Å². The van der Waals surface area contributed by atoms with Crippen molar-refractivity contribution in [3.05, 3.63) is 87.6 Å². The Balaban J connectivity index is 1.73. The summed E-state index contributed by atoms with van der Waals surface area (Å²) >= 11 is 0. The van der Waals surface area contributed by atoms with Crippen molar-refractivity contribution in [2.45, 2.75) is 38.6 Å². The number of anilines is 1. The van der Waals surface area contributed by atoms with Gasteiger partial charge in [-0.25, -0.2) is 9.37 Å². The van der Waals surface area contributed by atoms with E-state index in [1.54, 1.807) is 13.1 Å². The van der Waals surface area contributed by atoms with Gasteiger partial charge in [0.1, 0.15) is 26.6 Å². The molecule has 7 heteroatoms. The average Bonchev–Trinajstić information content (AvgIpc) is 3.16. The molecule has 0 saturated carbocycles. The zero-order chi connectivity index (χ0) is 40.9. The van der Waals surface area contributed by atoms with Crippen molar-refractivity contribution in [3.8, 4) is 0 Å². The highest BCUT2D eigenvalue weighted by Crippen LogP contribution is 2.43. The van der Waals surface area contributed by atoms with Gasteiger partial charge in [-0.3, -0.25) is 0 Å². The van der Waals surface area contributed by atoms with Gasteiger partial charge in [0.25, 0.3) is 0 Å². The molecule has 6 rings (SSSR count). The topological polar surface area (TPSA) is 83.7 Å². The van der Waals surface area contributed by atoms with Gasteiger partial charge in [-0.05, 0) is 81.3 Å². The van der Waals surface area contributed by atoms with Crippen molar-refractivity contribution in [1.29, 1.82) is 0 Å². The minimum Gasteiger partial charge on any atom is -0.545 e. The first-order valence-electron chi connectivity index (χ1n) is 19.6. The molecule has 4 aliphatic rings. The summed E-state index contributed by atoms with van der Waals surface area (Å²) in [6, 6.07) is 7.01. The number of hydrogen-bond donors (Lipinski definition) is 1. The minimum absolute atomic E-state index is 0.0848. The van der Waals surface area contributed by atoms with Gasteiger partial charge in [0, 0.05) is 60.0 Å². The lowest BCUT2D eigenvalue weighted by atomic mass is 9.86. The predicted octanol–water partition coefficient (Wildman–Crippen LogP) is 3.36. The highest BCUT2D eigenvalue weighted by molar-refractivity contribution is 6.98. The molecule has 3 aliphatic heterocycles. The summed E-state index contributed by atoms with van der Waals surface area (Å²) < 4.78 is 136. The molecule has 1 aliphatic carbocycles. The van der Waals surface area contributed by atoms with E-state index in [4.69, 9.17) is 21.9 Å². The first kappa shape index (κ1) is 12.4. The Labute approximate surface area is 246 Å². The van der Waals surface area contributed by atoms with E-state index in [0.717, 1.165) is 18.2 Å². The van der Waals surface area contributed by atoms with Crippen LogP contribution in [0.4, 0.5) is 5.69 Å². The second-order valence-corrected chi connectivity index (χ2v) is 13.8. The van der Waals surface area contributed by atoms with Crippen LogP contribution in [0.25, 0.3) is 5.57 Å². The Kier molecular flexibility index (Phi) is 3.02. The van der Waals surface area contributed by atoms with Gasteiger partial charge in [-0.2, -0.15) is 0 Å². The van der Waals surface area contributed by atoms with E-state index in [1.807, 2.05) is 0 Å². The number of carboxylic acid groups (broad SMARTS) is 2. The van der Waals surface area contributed by atoms with E-state index in [0.29, 0.717) is 19.9 Å². The standard InChI is InChI=1S/C31H32N2O4Si/c1-38(2)27-18-21(32-13-3-4-14-32)8-11-24(27)29(26-17-20(30(34)35)7-10-23(26)31(36)37)25-12-9-22(19-28(25)38)33-15-5-6-16-33/h7-12,17-19H,3-6,13-16H2,1-2H3,(H-,34,35,36,37)/i3D2,4D2,5D2,6D2,13D2,14D2,15D2,16D2. The monoisotopic (exact) mass is 540 g/mol. The molecule has 2 aromatic carbocycles. The van der Waals surface area contributed by atoms with Crippen LogP contribution in [0.15, 0.2) is 65.4 Å². The molecule has 0 bridgehead atoms. The average molecular weight is 541 g/mol. The molecule has 3 heterocycles. The summed E-state index contributed by atoms with van der Waals surface area (Å²) in [6.45, 7) is -9.59. The van der Waals surface area contributed by atoms with E-state index in [-0.39, 0.29) is 39.2 Å². The van der Waals surface area contributed by atoms with Crippen molar-refractivity contribution in [3.63, 3.8) is 0 Å². The Bertz CT molecular complexity index is 2150. The van der Waals surface area contributed by atoms with E-state index in [1.165, 1.54) is 36.4 Å². The summed E-state index contributed by atoms with van der Waals surface area (Å²) in [6.07, 6.45) is -9.63. The number of nitrogens with zero attached hydrogens (tertiary/aromatic N) is 2. The van der Waals surface area contributed by atoms with Crippen molar-refractivity contribution >= 4 is 42.2 Å². The van der Waals surface area contributed by atoms with Gasteiger partial charge in [-0.15, -0.1) is 0 Å². The normalized spacial score (nSPS) is 36.8. The maximum absolute atomic E-state index is 12.6. The first-order valence-corrected chi connectivity index (χ1v) is 14.6. The van der Waals surface area contributed by atoms with Crippen LogP contribution < -0.4 is 15.2 Å². The molecular weight excluding hydrogens is 492 g/mol. The zero-order valence-corrected chi connectivity index (χ0v) is 21.3. The molecule has 6 nitrogen and oxygen atoms in total. The van der Waals surface area contributed by atoms with Gasteiger partial charge in [0.15, 0.2) is 5.71 Å². The fourth-order valence-corrected chi connectivity index (χ4v) is 8.18. The van der Waals surface area contributed by atoms with E-state index in [9.17, 15) is 19.8 Å². The summed E-state index contributed by atoms with van der Waals surface area (Å²) in [4.78, 5) is 25.0. The maximum Gasteiger partial charge on any atom is 0.336 e.